The fourth-order valence-corrected chi connectivity index (χ4v) is 1.66. The van der Waals surface area contributed by atoms with Crippen LogP contribution in [0.2, 0.25) is 0 Å². The molecule has 5 heteroatoms. The van der Waals surface area contributed by atoms with Crippen LogP contribution in [0.25, 0.3) is 10.9 Å². The van der Waals surface area contributed by atoms with E-state index in [0.717, 1.165) is 0 Å². The van der Waals surface area contributed by atoms with Gasteiger partial charge < -0.3 is 10.1 Å². The predicted molar refractivity (Wildman–Crippen MR) is 69.1 cm³/mol. The van der Waals surface area contributed by atoms with Gasteiger partial charge in [0.15, 0.2) is 0 Å². The molecule has 0 atom stereocenters. The lowest BCUT2D eigenvalue weighted by atomic mass is 10.1. The summed E-state index contributed by atoms with van der Waals surface area (Å²) in [6.45, 7) is 0. The number of benzene rings is 1. The number of H-pyrrole nitrogens is 1. The number of carboxylic acids is 1. The molecule has 0 unspecified atom stereocenters. The minimum Gasteiger partial charge on any atom is -0.477 e. The van der Waals surface area contributed by atoms with E-state index >= 15 is 0 Å². The van der Waals surface area contributed by atoms with Crippen LogP contribution in [0.1, 0.15) is 15.9 Å². The van der Waals surface area contributed by atoms with E-state index in [0.29, 0.717) is 16.5 Å². The number of aromatic carboxylic acids is 1. The third-order valence-corrected chi connectivity index (χ3v) is 2.54. The number of carboxylic acid groups (broad SMARTS) is 1. The number of aromatic amines is 1. The van der Waals surface area contributed by atoms with Crippen LogP contribution in [0.5, 0.6) is 0 Å². The van der Waals surface area contributed by atoms with Gasteiger partial charge in [-0.15, -0.1) is 11.6 Å². The smallest absolute Gasteiger partial charge is 0.341 e. The van der Waals surface area contributed by atoms with Gasteiger partial charge in [0, 0.05) is 17.1 Å². The van der Waals surface area contributed by atoms with Crippen molar-refractivity contribution in [1.29, 1.82) is 0 Å². The van der Waals surface area contributed by atoms with E-state index < -0.39 is 11.4 Å². The van der Waals surface area contributed by atoms with Gasteiger partial charge in [0.1, 0.15) is 5.56 Å². The van der Waals surface area contributed by atoms with Crippen LogP contribution >= 0.6 is 11.6 Å². The zero-order valence-corrected chi connectivity index (χ0v) is 9.91. The van der Waals surface area contributed by atoms with E-state index in [-0.39, 0.29) is 11.4 Å². The molecule has 1 aromatic carbocycles. The lowest BCUT2D eigenvalue weighted by Crippen LogP contribution is -2.15. The molecule has 0 amide bonds. The van der Waals surface area contributed by atoms with Crippen LogP contribution in [-0.2, 0) is 0 Å². The Morgan fingerprint density at radius 1 is 1.44 bits per heavy atom. The highest BCUT2D eigenvalue weighted by Gasteiger charge is 2.11. The van der Waals surface area contributed by atoms with Crippen LogP contribution < -0.4 is 5.43 Å². The number of aromatic nitrogens is 1. The Hall–Kier alpha value is -2.25. The Bertz CT molecular complexity index is 737. The number of pyridine rings is 1. The molecule has 2 rings (SSSR count). The zero-order chi connectivity index (χ0) is 13.1. The largest absolute Gasteiger partial charge is 0.477 e. The summed E-state index contributed by atoms with van der Waals surface area (Å²) in [5.41, 5.74) is 0.475. The second-order valence-electron chi connectivity index (χ2n) is 3.53. The third-order valence-electron chi connectivity index (χ3n) is 2.41. The van der Waals surface area contributed by atoms with E-state index in [1.807, 2.05) is 0 Å². The second-order valence-corrected chi connectivity index (χ2v) is 3.80. The van der Waals surface area contributed by atoms with Gasteiger partial charge in [-0.2, -0.15) is 0 Å². The Balaban J connectivity index is 2.65. The Kier molecular flexibility index (Phi) is 3.35. The van der Waals surface area contributed by atoms with Crippen molar-refractivity contribution in [2.24, 2.45) is 0 Å². The molecule has 0 saturated carbocycles. The number of rotatable bonds is 1. The summed E-state index contributed by atoms with van der Waals surface area (Å²) in [5.74, 6) is 4.51. The number of alkyl halides is 1. The normalized spacial score (nSPS) is 9.83. The number of carbonyl (C=O) groups is 1. The van der Waals surface area contributed by atoms with Gasteiger partial charge in [0.05, 0.1) is 11.4 Å². The minimum atomic E-state index is -1.25. The summed E-state index contributed by atoms with van der Waals surface area (Å²) in [5, 5.41) is 9.16. The van der Waals surface area contributed by atoms with Gasteiger partial charge in [0.2, 0.25) is 5.43 Å². The number of fused-ring (bicyclic) bond motifs is 1. The van der Waals surface area contributed by atoms with Crippen molar-refractivity contribution < 1.29 is 9.90 Å². The minimum absolute atomic E-state index is 0.229. The highest BCUT2D eigenvalue weighted by molar-refractivity contribution is 6.19. The van der Waals surface area contributed by atoms with E-state index in [9.17, 15) is 9.59 Å². The third kappa shape index (κ3) is 2.22. The van der Waals surface area contributed by atoms with E-state index in [1.54, 1.807) is 18.2 Å². The van der Waals surface area contributed by atoms with Gasteiger partial charge in [-0.05, 0) is 18.2 Å². The maximum Gasteiger partial charge on any atom is 0.341 e. The molecular weight excluding hydrogens is 254 g/mol. The first-order valence-corrected chi connectivity index (χ1v) is 5.60. The summed E-state index contributed by atoms with van der Waals surface area (Å²) in [6.07, 6.45) is 1.19. The summed E-state index contributed by atoms with van der Waals surface area (Å²) in [6, 6.07) is 4.89. The Morgan fingerprint density at radius 2 is 2.22 bits per heavy atom. The van der Waals surface area contributed by atoms with Crippen molar-refractivity contribution in [2.45, 2.75) is 0 Å². The molecule has 0 saturated heterocycles. The number of hydrogen-bond acceptors (Lipinski definition) is 2. The lowest BCUT2D eigenvalue weighted by molar-refractivity contribution is 0.0695. The molecule has 1 aromatic heterocycles. The van der Waals surface area contributed by atoms with Crippen LogP contribution in [0.15, 0.2) is 29.2 Å². The van der Waals surface area contributed by atoms with Crippen molar-refractivity contribution >= 4 is 28.5 Å². The Morgan fingerprint density at radius 3 is 2.89 bits per heavy atom. The first-order valence-electron chi connectivity index (χ1n) is 5.07. The first-order chi connectivity index (χ1) is 8.63. The highest BCUT2D eigenvalue weighted by atomic mass is 35.5. The summed E-state index contributed by atoms with van der Waals surface area (Å²) in [4.78, 5) is 25.4. The molecule has 2 aromatic rings. The fourth-order valence-electron chi connectivity index (χ4n) is 1.59. The zero-order valence-electron chi connectivity index (χ0n) is 9.16. The molecule has 18 heavy (non-hydrogen) atoms. The maximum absolute atomic E-state index is 11.8. The number of halogens is 1. The number of hydrogen-bond donors (Lipinski definition) is 2. The van der Waals surface area contributed by atoms with Gasteiger partial charge in [0.25, 0.3) is 0 Å². The standard InChI is InChI=1S/C13H8ClNO3/c14-5-1-2-8-3-4-9-11(6-8)15-7-10(12(9)16)13(17)18/h3-4,6-7H,5H2,(H,15,16)(H,17,18). The SMILES string of the molecule is O=C(O)c1c[nH]c2cc(C#CCCl)ccc2c1=O. The van der Waals surface area contributed by atoms with Crippen molar-refractivity contribution in [3.05, 3.63) is 45.7 Å². The molecule has 90 valence electrons. The molecule has 1 heterocycles. The average Bonchev–Trinajstić information content (AvgIpc) is 2.36. The quantitative estimate of drug-likeness (QED) is 0.608. The predicted octanol–water partition coefficient (Wildman–Crippen LogP) is 1.82. The van der Waals surface area contributed by atoms with E-state index in [2.05, 4.69) is 16.8 Å². The van der Waals surface area contributed by atoms with Crippen molar-refractivity contribution in [2.75, 3.05) is 5.88 Å². The molecule has 4 nitrogen and oxygen atoms in total. The van der Waals surface area contributed by atoms with Gasteiger partial charge in [-0.25, -0.2) is 4.79 Å². The fraction of sp³-hybridized carbons (Fsp3) is 0.0769. The maximum atomic E-state index is 11.8. The van der Waals surface area contributed by atoms with Crippen LogP contribution in [0.4, 0.5) is 0 Å². The van der Waals surface area contributed by atoms with E-state index in [4.69, 9.17) is 16.7 Å². The molecule has 0 aliphatic rings. The first kappa shape index (κ1) is 12.2. The van der Waals surface area contributed by atoms with Gasteiger partial charge in [-0.3, -0.25) is 4.79 Å². The summed E-state index contributed by atoms with van der Waals surface area (Å²) < 4.78 is 0. The molecule has 0 bridgehead atoms. The average molecular weight is 262 g/mol. The number of nitrogens with one attached hydrogen (secondary N) is 1. The van der Waals surface area contributed by atoms with Crippen LogP contribution in [0.3, 0.4) is 0 Å². The molecule has 0 aliphatic heterocycles. The van der Waals surface area contributed by atoms with Crippen molar-refractivity contribution in [3.8, 4) is 11.8 Å². The van der Waals surface area contributed by atoms with Crippen LogP contribution in [-0.4, -0.2) is 21.9 Å². The molecule has 0 radical (unpaired) electrons. The molecular formula is C13H8ClNO3. The van der Waals surface area contributed by atoms with Crippen molar-refractivity contribution in [3.63, 3.8) is 0 Å². The van der Waals surface area contributed by atoms with Gasteiger partial charge >= 0.3 is 5.97 Å². The molecule has 0 aliphatic carbocycles. The second kappa shape index (κ2) is 4.94. The monoisotopic (exact) mass is 261 g/mol. The van der Waals surface area contributed by atoms with Crippen LogP contribution in [0, 0.1) is 11.8 Å². The van der Waals surface area contributed by atoms with E-state index in [1.165, 1.54) is 6.20 Å². The van der Waals surface area contributed by atoms with Crippen molar-refractivity contribution in [1.82, 2.24) is 4.98 Å². The lowest BCUT2D eigenvalue weighted by Gasteiger charge is -2.00. The molecule has 0 fully saturated rings. The highest BCUT2D eigenvalue weighted by Crippen LogP contribution is 2.10. The molecule has 2 N–H and O–H groups in total. The summed E-state index contributed by atoms with van der Waals surface area (Å²) >= 11 is 5.45. The summed E-state index contributed by atoms with van der Waals surface area (Å²) in [7, 11) is 0. The topological polar surface area (TPSA) is 70.2 Å². The molecule has 0 spiro atoms. The van der Waals surface area contributed by atoms with Gasteiger partial charge in [-0.1, -0.05) is 11.8 Å². The Labute approximate surface area is 107 Å².